The lowest BCUT2D eigenvalue weighted by atomic mass is 10.1. The maximum Gasteiger partial charge on any atom is 0.356 e. The number of nitrogens with zero attached hydrogens (tertiary/aromatic N) is 2. The van der Waals surface area contributed by atoms with E-state index in [4.69, 9.17) is 5.11 Å². The van der Waals surface area contributed by atoms with E-state index >= 15 is 0 Å². The van der Waals surface area contributed by atoms with Crippen LogP contribution in [0.25, 0.3) is 5.69 Å². The molecule has 4 heteroatoms. The minimum Gasteiger partial charge on any atom is -0.476 e. The number of rotatable bonds is 4. The van der Waals surface area contributed by atoms with Crippen molar-refractivity contribution in [3.63, 3.8) is 0 Å². The molecule has 0 radical (unpaired) electrons. The summed E-state index contributed by atoms with van der Waals surface area (Å²) >= 11 is 0. The van der Waals surface area contributed by atoms with Crippen molar-refractivity contribution >= 4 is 5.97 Å². The summed E-state index contributed by atoms with van der Waals surface area (Å²) in [7, 11) is 0. The van der Waals surface area contributed by atoms with Crippen molar-refractivity contribution < 1.29 is 9.90 Å². The third kappa shape index (κ3) is 2.53. The van der Waals surface area contributed by atoms with E-state index in [2.05, 4.69) is 12.0 Å². The van der Waals surface area contributed by atoms with Crippen LogP contribution in [0.15, 0.2) is 36.5 Å². The van der Waals surface area contributed by atoms with Gasteiger partial charge in [-0.05, 0) is 30.2 Å². The molecule has 0 aliphatic heterocycles. The highest BCUT2D eigenvalue weighted by atomic mass is 16.4. The lowest BCUT2D eigenvalue weighted by Gasteiger charge is -2.03. The first-order valence-corrected chi connectivity index (χ1v) is 5.59. The molecule has 0 bridgehead atoms. The van der Waals surface area contributed by atoms with Crippen molar-refractivity contribution in [3.8, 4) is 5.69 Å². The normalized spacial score (nSPS) is 10.4. The maximum atomic E-state index is 10.7. The molecule has 1 heterocycles. The van der Waals surface area contributed by atoms with Gasteiger partial charge in [0.05, 0.1) is 5.69 Å². The number of benzene rings is 1. The predicted octanol–water partition coefficient (Wildman–Crippen LogP) is 2.52. The Morgan fingerprint density at radius 3 is 2.53 bits per heavy atom. The standard InChI is InChI=1S/C13H14N2O2/c1-2-3-10-4-6-11(7-5-10)15-9-8-12(14-15)13(16)17/h4-9H,2-3H2,1H3,(H,16,17). The molecular formula is C13H14N2O2. The van der Waals surface area contributed by atoms with Crippen molar-refractivity contribution in [1.82, 2.24) is 9.78 Å². The molecule has 0 unspecified atom stereocenters. The van der Waals surface area contributed by atoms with Gasteiger partial charge in [0.25, 0.3) is 0 Å². The zero-order valence-corrected chi connectivity index (χ0v) is 9.63. The van der Waals surface area contributed by atoms with Gasteiger partial charge in [-0.25, -0.2) is 9.48 Å². The average Bonchev–Trinajstić information content (AvgIpc) is 2.80. The first-order chi connectivity index (χ1) is 8.20. The number of aryl methyl sites for hydroxylation is 1. The summed E-state index contributed by atoms with van der Waals surface area (Å²) in [6.45, 7) is 2.14. The number of carbonyl (C=O) groups is 1. The van der Waals surface area contributed by atoms with Crippen LogP contribution in [0.5, 0.6) is 0 Å². The van der Waals surface area contributed by atoms with Gasteiger partial charge in [0.1, 0.15) is 0 Å². The van der Waals surface area contributed by atoms with Crippen LogP contribution in [0.4, 0.5) is 0 Å². The van der Waals surface area contributed by atoms with Crippen molar-refractivity contribution in [2.45, 2.75) is 19.8 Å². The first kappa shape index (κ1) is 11.4. The molecule has 0 saturated heterocycles. The largest absolute Gasteiger partial charge is 0.476 e. The summed E-state index contributed by atoms with van der Waals surface area (Å²) in [5.74, 6) is -1.01. The summed E-state index contributed by atoms with van der Waals surface area (Å²) in [6.07, 6.45) is 3.82. The van der Waals surface area contributed by atoms with Crippen LogP contribution in [-0.4, -0.2) is 20.9 Å². The highest BCUT2D eigenvalue weighted by Crippen LogP contribution is 2.11. The van der Waals surface area contributed by atoms with Crippen molar-refractivity contribution in [2.75, 3.05) is 0 Å². The molecule has 17 heavy (non-hydrogen) atoms. The van der Waals surface area contributed by atoms with E-state index in [9.17, 15) is 4.79 Å². The summed E-state index contributed by atoms with van der Waals surface area (Å²) < 4.78 is 1.57. The molecule has 2 rings (SSSR count). The second-order valence-corrected chi connectivity index (χ2v) is 3.87. The van der Waals surface area contributed by atoms with Gasteiger partial charge in [-0.2, -0.15) is 5.10 Å². The van der Waals surface area contributed by atoms with E-state index in [1.807, 2.05) is 24.3 Å². The molecule has 4 nitrogen and oxygen atoms in total. The molecule has 0 spiro atoms. The lowest BCUT2D eigenvalue weighted by molar-refractivity contribution is 0.0690. The van der Waals surface area contributed by atoms with E-state index < -0.39 is 5.97 Å². The number of hydrogen-bond acceptors (Lipinski definition) is 2. The van der Waals surface area contributed by atoms with Gasteiger partial charge in [0.2, 0.25) is 0 Å². The second-order valence-electron chi connectivity index (χ2n) is 3.87. The zero-order chi connectivity index (χ0) is 12.3. The second kappa shape index (κ2) is 4.82. The molecular weight excluding hydrogens is 216 g/mol. The van der Waals surface area contributed by atoms with E-state index in [-0.39, 0.29) is 5.69 Å². The molecule has 0 aliphatic carbocycles. The number of hydrogen-bond donors (Lipinski definition) is 1. The molecule has 1 aromatic heterocycles. The summed E-state index contributed by atoms with van der Waals surface area (Å²) in [6, 6.07) is 9.47. The minimum absolute atomic E-state index is 0.0580. The summed E-state index contributed by atoms with van der Waals surface area (Å²) in [4.78, 5) is 10.7. The van der Waals surface area contributed by atoms with Gasteiger partial charge in [-0.3, -0.25) is 0 Å². The zero-order valence-electron chi connectivity index (χ0n) is 9.63. The maximum absolute atomic E-state index is 10.7. The van der Waals surface area contributed by atoms with Gasteiger partial charge in [0, 0.05) is 6.20 Å². The van der Waals surface area contributed by atoms with Crippen LogP contribution in [0.3, 0.4) is 0 Å². The van der Waals surface area contributed by atoms with Crippen LogP contribution < -0.4 is 0 Å². The first-order valence-electron chi connectivity index (χ1n) is 5.59. The number of carboxylic acids is 1. The minimum atomic E-state index is -1.01. The Morgan fingerprint density at radius 1 is 1.29 bits per heavy atom. The fourth-order valence-corrected chi connectivity index (χ4v) is 1.69. The van der Waals surface area contributed by atoms with E-state index in [0.29, 0.717) is 0 Å². The number of aromatic nitrogens is 2. The van der Waals surface area contributed by atoms with Crippen LogP contribution in [-0.2, 0) is 6.42 Å². The van der Waals surface area contributed by atoms with Crippen LogP contribution in [0.1, 0.15) is 29.4 Å². The van der Waals surface area contributed by atoms with Crippen LogP contribution >= 0.6 is 0 Å². The SMILES string of the molecule is CCCc1ccc(-n2ccc(C(=O)O)n2)cc1. The molecule has 0 fully saturated rings. The third-order valence-electron chi connectivity index (χ3n) is 2.55. The van der Waals surface area contributed by atoms with Crippen LogP contribution in [0, 0.1) is 0 Å². The van der Waals surface area contributed by atoms with Gasteiger partial charge >= 0.3 is 5.97 Å². The Bertz CT molecular complexity index is 514. The molecule has 88 valence electrons. The van der Waals surface area contributed by atoms with E-state index in [1.165, 1.54) is 11.6 Å². The highest BCUT2D eigenvalue weighted by molar-refractivity contribution is 5.85. The molecule has 1 aromatic carbocycles. The van der Waals surface area contributed by atoms with Gasteiger partial charge in [-0.1, -0.05) is 25.5 Å². The Morgan fingerprint density at radius 2 is 2.00 bits per heavy atom. The van der Waals surface area contributed by atoms with Gasteiger partial charge < -0.3 is 5.11 Å². The monoisotopic (exact) mass is 230 g/mol. The number of carboxylic acid groups (broad SMARTS) is 1. The van der Waals surface area contributed by atoms with Gasteiger partial charge in [0.15, 0.2) is 5.69 Å². The molecule has 0 aliphatic rings. The van der Waals surface area contributed by atoms with E-state index in [1.54, 1.807) is 10.9 Å². The van der Waals surface area contributed by atoms with Crippen molar-refractivity contribution in [2.24, 2.45) is 0 Å². The quantitative estimate of drug-likeness (QED) is 0.878. The number of aromatic carboxylic acids is 1. The fourth-order valence-electron chi connectivity index (χ4n) is 1.69. The highest BCUT2D eigenvalue weighted by Gasteiger charge is 2.07. The van der Waals surface area contributed by atoms with Crippen molar-refractivity contribution in [3.05, 3.63) is 47.8 Å². The Balaban J connectivity index is 2.23. The Hall–Kier alpha value is -2.10. The fraction of sp³-hybridized carbons (Fsp3) is 0.231. The Labute approximate surface area is 99.5 Å². The summed E-state index contributed by atoms with van der Waals surface area (Å²) in [5.41, 5.74) is 2.21. The Kier molecular flexibility index (Phi) is 3.23. The molecule has 0 atom stereocenters. The molecule has 2 aromatic rings. The topological polar surface area (TPSA) is 55.1 Å². The van der Waals surface area contributed by atoms with Gasteiger partial charge in [-0.15, -0.1) is 0 Å². The van der Waals surface area contributed by atoms with Crippen LogP contribution in [0.2, 0.25) is 0 Å². The predicted molar refractivity (Wildman–Crippen MR) is 64.5 cm³/mol. The molecule has 1 N–H and O–H groups in total. The smallest absolute Gasteiger partial charge is 0.356 e. The van der Waals surface area contributed by atoms with E-state index in [0.717, 1.165) is 18.5 Å². The molecule has 0 amide bonds. The lowest BCUT2D eigenvalue weighted by Crippen LogP contribution is -2.00. The third-order valence-corrected chi connectivity index (χ3v) is 2.55. The molecule has 0 saturated carbocycles. The van der Waals surface area contributed by atoms with Crippen molar-refractivity contribution in [1.29, 1.82) is 0 Å². The average molecular weight is 230 g/mol. The summed E-state index contributed by atoms with van der Waals surface area (Å²) in [5, 5.41) is 12.8.